The molecular formula is C14H21N3O2S. The van der Waals surface area contributed by atoms with E-state index in [1.165, 1.54) is 0 Å². The second-order valence-electron chi connectivity index (χ2n) is 5.76. The Balaban J connectivity index is 1.86. The molecule has 5 nitrogen and oxygen atoms in total. The van der Waals surface area contributed by atoms with Crippen molar-refractivity contribution in [1.82, 2.24) is 9.21 Å². The van der Waals surface area contributed by atoms with Crippen LogP contribution in [0, 0.1) is 0 Å². The Labute approximate surface area is 120 Å². The average molecular weight is 295 g/mol. The van der Waals surface area contributed by atoms with Crippen LogP contribution >= 0.6 is 0 Å². The highest BCUT2D eigenvalue weighted by molar-refractivity contribution is 7.89. The molecule has 0 amide bonds. The summed E-state index contributed by atoms with van der Waals surface area (Å²) in [5.74, 6) is 0. The molecule has 20 heavy (non-hydrogen) atoms. The van der Waals surface area contributed by atoms with Gasteiger partial charge in [0.05, 0.1) is 4.90 Å². The molecule has 0 saturated carbocycles. The van der Waals surface area contributed by atoms with Gasteiger partial charge in [0.2, 0.25) is 10.0 Å². The van der Waals surface area contributed by atoms with Gasteiger partial charge >= 0.3 is 0 Å². The SMILES string of the molecule is CN(C)[C@@H]1CCN(S(=O)(=O)c2ccc3c(c2)CCN3)C1. The first-order valence-electron chi connectivity index (χ1n) is 7.02. The molecule has 1 aromatic rings. The van der Waals surface area contributed by atoms with E-state index in [1.54, 1.807) is 10.4 Å². The Morgan fingerprint density at radius 3 is 2.85 bits per heavy atom. The minimum atomic E-state index is -3.35. The Kier molecular flexibility index (Phi) is 3.48. The van der Waals surface area contributed by atoms with E-state index in [-0.39, 0.29) is 0 Å². The number of rotatable bonds is 3. The first-order chi connectivity index (χ1) is 9.48. The molecular weight excluding hydrogens is 274 g/mol. The van der Waals surface area contributed by atoms with E-state index in [0.29, 0.717) is 24.0 Å². The van der Waals surface area contributed by atoms with Gasteiger partial charge in [0.25, 0.3) is 0 Å². The van der Waals surface area contributed by atoms with Crippen LogP contribution in [0.1, 0.15) is 12.0 Å². The lowest BCUT2D eigenvalue weighted by Gasteiger charge is -2.20. The van der Waals surface area contributed by atoms with Crippen molar-refractivity contribution in [2.75, 3.05) is 39.0 Å². The second kappa shape index (κ2) is 5.02. The van der Waals surface area contributed by atoms with Crippen molar-refractivity contribution in [2.24, 2.45) is 0 Å². The predicted molar refractivity (Wildman–Crippen MR) is 79.5 cm³/mol. The zero-order valence-electron chi connectivity index (χ0n) is 12.0. The summed E-state index contributed by atoms with van der Waals surface area (Å²) >= 11 is 0. The van der Waals surface area contributed by atoms with Crippen molar-refractivity contribution in [3.05, 3.63) is 23.8 Å². The van der Waals surface area contributed by atoms with Crippen molar-refractivity contribution in [1.29, 1.82) is 0 Å². The molecule has 2 heterocycles. The minimum absolute atomic E-state index is 0.320. The molecule has 3 rings (SSSR count). The number of nitrogens with one attached hydrogen (secondary N) is 1. The molecule has 2 aliphatic heterocycles. The maximum absolute atomic E-state index is 12.7. The number of hydrogen-bond acceptors (Lipinski definition) is 4. The highest BCUT2D eigenvalue weighted by atomic mass is 32.2. The van der Waals surface area contributed by atoms with Crippen LogP contribution in [0.4, 0.5) is 5.69 Å². The molecule has 1 aromatic carbocycles. The van der Waals surface area contributed by atoms with Gasteiger partial charge < -0.3 is 10.2 Å². The van der Waals surface area contributed by atoms with Crippen molar-refractivity contribution in [2.45, 2.75) is 23.8 Å². The third kappa shape index (κ3) is 2.32. The van der Waals surface area contributed by atoms with Gasteiger partial charge in [-0.2, -0.15) is 4.31 Å². The van der Waals surface area contributed by atoms with E-state index in [2.05, 4.69) is 10.2 Å². The summed E-state index contributed by atoms with van der Waals surface area (Å²) in [5, 5.41) is 3.26. The van der Waals surface area contributed by atoms with Gasteiger partial charge in [-0.15, -0.1) is 0 Å². The largest absolute Gasteiger partial charge is 0.384 e. The molecule has 2 aliphatic rings. The number of nitrogens with zero attached hydrogens (tertiary/aromatic N) is 2. The fourth-order valence-corrected chi connectivity index (χ4v) is 4.48. The normalized spacial score (nSPS) is 23.1. The lowest BCUT2D eigenvalue weighted by molar-refractivity contribution is 0.302. The molecule has 0 spiro atoms. The lowest BCUT2D eigenvalue weighted by atomic mass is 10.2. The maximum Gasteiger partial charge on any atom is 0.243 e. The summed E-state index contributed by atoms with van der Waals surface area (Å²) in [6.45, 7) is 2.09. The first kappa shape index (κ1) is 13.9. The molecule has 0 aromatic heterocycles. The van der Waals surface area contributed by atoms with Gasteiger partial charge in [-0.1, -0.05) is 0 Å². The summed E-state index contributed by atoms with van der Waals surface area (Å²) in [7, 11) is 0.656. The van der Waals surface area contributed by atoms with Gasteiger partial charge in [0.15, 0.2) is 0 Å². The van der Waals surface area contributed by atoms with Crippen LogP contribution in [0.15, 0.2) is 23.1 Å². The molecule has 1 saturated heterocycles. The van der Waals surface area contributed by atoms with E-state index < -0.39 is 10.0 Å². The molecule has 1 atom stereocenters. The standard InChI is InChI=1S/C14H21N3O2S/c1-16(2)12-6-8-17(10-12)20(18,19)13-3-4-14-11(9-13)5-7-15-14/h3-4,9,12,15H,5-8,10H2,1-2H3/t12-/m1/s1. The Hall–Kier alpha value is -1.11. The van der Waals surface area contributed by atoms with E-state index in [0.717, 1.165) is 30.6 Å². The van der Waals surface area contributed by atoms with Gasteiger partial charge in [-0.25, -0.2) is 8.42 Å². The van der Waals surface area contributed by atoms with E-state index >= 15 is 0 Å². The number of anilines is 1. The fourth-order valence-electron chi connectivity index (χ4n) is 2.94. The minimum Gasteiger partial charge on any atom is -0.384 e. The molecule has 0 unspecified atom stereocenters. The molecule has 0 bridgehead atoms. The number of hydrogen-bond donors (Lipinski definition) is 1. The Morgan fingerprint density at radius 2 is 2.15 bits per heavy atom. The predicted octanol–water partition coefficient (Wildman–Crippen LogP) is 0.979. The molecule has 0 aliphatic carbocycles. The Morgan fingerprint density at radius 1 is 1.35 bits per heavy atom. The van der Waals surface area contributed by atoms with Crippen molar-refractivity contribution in [3.63, 3.8) is 0 Å². The lowest BCUT2D eigenvalue weighted by Crippen LogP contribution is -2.34. The van der Waals surface area contributed by atoms with Crippen LogP contribution in [0.5, 0.6) is 0 Å². The third-order valence-electron chi connectivity index (χ3n) is 4.28. The highest BCUT2D eigenvalue weighted by Gasteiger charge is 2.33. The second-order valence-corrected chi connectivity index (χ2v) is 7.70. The third-order valence-corrected chi connectivity index (χ3v) is 6.14. The average Bonchev–Trinajstić information content (AvgIpc) is 3.07. The molecule has 1 N–H and O–H groups in total. The zero-order chi connectivity index (χ0) is 14.3. The van der Waals surface area contributed by atoms with Gasteiger partial charge in [-0.05, 0) is 50.7 Å². The maximum atomic E-state index is 12.7. The van der Waals surface area contributed by atoms with Crippen LogP contribution in [0.2, 0.25) is 0 Å². The molecule has 0 radical (unpaired) electrons. The number of benzene rings is 1. The summed E-state index contributed by atoms with van der Waals surface area (Å²) in [6, 6.07) is 5.75. The smallest absolute Gasteiger partial charge is 0.243 e. The van der Waals surface area contributed by atoms with Crippen molar-refractivity contribution in [3.8, 4) is 0 Å². The quantitative estimate of drug-likeness (QED) is 0.903. The molecule has 1 fully saturated rings. The van der Waals surface area contributed by atoms with Crippen LogP contribution in [-0.2, 0) is 16.4 Å². The van der Waals surface area contributed by atoms with Crippen LogP contribution in [0.3, 0.4) is 0 Å². The summed E-state index contributed by atoms with van der Waals surface area (Å²) in [6.07, 6.45) is 1.80. The van der Waals surface area contributed by atoms with Crippen LogP contribution in [-0.4, -0.2) is 57.4 Å². The van der Waals surface area contributed by atoms with Gasteiger partial charge in [0, 0.05) is 31.4 Å². The van der Waals surface area contributed by atoms with Crippen LogP contribution in [0.25, 0.3) is 0 Å². The van der Waals surface area contributed by atoms with Crippen molar-refractivity contribution < 1.29 is 8.42 Å². The number of fused-ring (bicyclic) bond motifs is 1. The van der Waals surface area contributed by atoms with Gasteiger partial charge in [-0.3, -0.25) is 0 Å². The monoisotopic (exact) mass is 295 g/mol. The number of sulfonamides is 1. The van der Waals surface area contributed by atoms with Gasteiger partial charge in [0.1, 0.15) is 0 Å². The molecule has 110 valence electrons. The topological polar surface area (TPSA) is 52.7 Å². The first-order valence-corrected chi connectivity index (χ1v) is 8.46. The van der Waals surface area contributed by atoms with E-state index in [4.69, 9.17) is 0 Å². The summed E-state index contributed by atoms with van der Waals surface area (Å²) < 4.78 is 27.0. The van der Waals surface area contributed by atoms with Crippen LogP contribution < -0.4 is 5.32 Å². The zero-order valence-corrected chi connectivity index (χ0v) is 12.8. The summed E-state index contributed by atoms with van der Waals surface area (Å²) in [4.78, 5) is 2.53. The number of likely N-dealkylation sites (N-methyl/N-ethyl adjacent to an activating group) is 1. The summed E-state index contributed by atoms with van der Waals surface area (Å²) in [5.41, 5.74) is 2.17. The highest BCUT2D eigenvalue weighted by Crippen LogP contribution is 2.28. The Bertz CT molecular complexity index is 613. The van der Waals surface area contributed by atoms with E-state index in [1.807, 2.05) is 26.2 Å². The fraction of sp³-hybridized carbons (Fsp3) is 0.571. The van der Waals surface area contributed by atoms with Crippen molar-refractivity contribution >= 4 is 15.7 Å². The molecule has 6 heteroatoms. The van der Waals surface area contributed by atoms with E-state index in [9.17, 15) is 8.42 Å².